The Morgan fingerprint density at radius 2 is 2.08 bits per heavy atom. The molecule has 2 N–H and O–H groups in total. The molecule has 0 saturated heterocycles. The molecule has 2 aromatic rings. The fourth-order valence-electron chi connectivity index (χ4n) is 1.75. The van der Waals surface area contributed by atoms with Crippen LogP contribution in [0.5, 0.6) is 0 Å². The monoisotopic (exact) mass is 174 g/mol. The van der Waals surface area contributed by atoms with Crippen molar-refractivity contribution in [1.29, 1.82) is 0 Å². The normalized spacial score (nSPS) is 10.9. The van der Waals surface area contributed by atoms with E-state index in [0.29, 0.717) is 6.54 Å². The molecule has 0 spiro atoms. The van der Waals surface area contributed by atoms with E-state index < -0.39 is 0 Å². The van der Waals surface area contributed by atoms with E-state index >= 15 is 0 Å². The molecule has 0 unspecified atom stereocenters. The predicted molar refractivity (Wildman–Crippen MR) is 55.7 cm³/mol. The summed E-state index contributed by atoms with van der Waals surface area (Å²) in [5.41, 5.74) is 8.15. The minimum atomic E-state index is 0.693. The van der Waals surface area contributed by atoms with Crippen LogP contribution in [0.25, 0.3) is 10.9 Å². The SMILES string of the molecule is Cc1cn(CCN)c2ccccc12. The van der Waals surface area contributed by atoms with Gasteiger partial charge in [0.05, 0.1) is 0 Å². The van der Waals surface area contributed by atoms with E-state index in [1.165, 1.54) is 16.5 Å². The summed E-state index contributed by atoms with van der Waals surface area (Å²) in [4.78, 5) is 0. The highest BCUT2D eigenvalue weighted by Crippen LogP contribution is 2.19. The summed E-state index contributed by atoms with van der Waals surface area (Å²) < 4.78 is 2.21. The van der Waals surface area contributed by atoms with Crippen molar-refractivity contribution in [3.63, 3.8) is 0 Å². The Hall–Kier alpha value is -1.28. The molecule has 13 heavy (non-hydrogen) atoms. The largest absolute Gasteiger partial charge is 0.346 e. The molecule has 0 aliphatic rings. The second-order valence-corrected chi connectivity index (χ2v) is 3.31. The zero-order valence-electron chi connectivity index (χ0n) is 7.83. The standard InChI is InChI=1S/C11H14N2/c1-9-8-13(7-6-12)11-5-3-2-4-10(9)11/h2-5,8H,6-7,12H2,1H3. The molecule has 0 radical (unpaired) electrons. The Balaban J connectivity index is 2.63. The number of hydrogen-bond acceptors (Lipinski definition) is 1. The fraction of sp³-hybridized carbons (Fsp3) is 0.273. The lowest BCUT2D eigenvalue weighted by molar-refractivity contribution is 0.734. The minimum Gasteiger partial charge on any atom is -0.346 e. The van der Waals surface area contributed by atoms with Gasteiger partial charge in [-0.2, -0.15) is 0 Å². The van der Waals surface area contributed by atoms with Gasteiger partial charge in [-0.15, -0.1) is 0 Å². The molecule has 2 heteroatoms. The first-order chi connectivity index (χ1) is 6.33. The first-order valence-electron chi connectivity index (χ1n) is 4.57. The third kappa shape index (κ3) is 1.33. The number of aromatic nitrogens is 1. The van der Waals surface area contributed by atoms with E-state index in [0.717, 1.165) is 6.54 Å². The maximum atomic E-state index is 5.54. The Labute approximate surface area is 78.0 Å². The molecule has 2 nitrogen and oxygen atoms in total. The highest BCUT2D eigenvalue weighted by Gasteiger charge is 2.02. The van der Waals surface area contributed by atoms with Gasteiger partial charge in [0.1, 0.15) is 0 Å². The quantitative estimate of drug-likeness (QED) is 0.740. The van der Waals surface area contributed by atoms with Crippen LogP contribution in [0.15, 0.2) is 30.5 Å². The van der Waals surface area contributed by atoms with E-state index in [1.807, 2.05) is 0 Å². The van der Waals surface area contributed by atoms with E-state index in [-0.39, 0.29) is 0 Å². The number of para-hydroxylation sites is 1. The van der Waals surface area contributed by atoms with Crippen molar-refractivity contribution < 1.29 is 0 Å². The van der Waals surface area contributed by atoms with Crippen molar-refractivity contribution in [1.82, 2.24) is 4.57 Å². The number of hydrogen-bond donors (Lipinski definition) is 1. The lowest BCUT2D eigenvalue weighted by atomic mass is 10.2. The highest BCUT2D eigenvalue weighted by molar-refractivity contribution is 5.83. The molecule has 1 heterocycles. The average molecular weight is 174 g/mol. The lowest BCUT2D eigenvalue weighted by Gasteiger charge is -2.01. The summed E-state index contributed by atoms with van der Waals surface area (Å²) in [7, 11) is 0. The molecule has 1 aromatic carbocycles. The molecule has 0 saturated carbocycles. The van der Waals surface area contributed by atoms with Crippen LogP contribution in [-0.4, -0.2) is 11.1 Å². The van der Waals surface area contributed by atoms with Crippen molar-refractivity contribution >= 4 is 10.9 Å². The summed E-state index contributed by atoms with van der Waals surface area (Å²) >= 11 is 0. The number of fused-ring (bicyclic) bond motifs is 1. The molecule has 0 bridgehead atoms. The second kappa shape index (κ2) is 3.23. The molecule has 0 amide bonds. The van der Waals surface area contributed by atoms with Crippen LogP contribution < -0.4 is 5.73 Å². The van der Waals surface area contributed by atoms with Gasteiger partial charge < -0.3 is 10.3 Å². The van der Waals surface area contributed by atoms with Crippen LogP contribution in [-0.2, 0) is 6.54 Å². The van der Waals surface area contributed by atoms with Crippen LogP contribution in [0.3, 0.4) is 0 Å². The maximum absolute atomic E-state index is 5.54. The number of nitrogens with zero attached hydrogens (tertiary/aromatic N) is 1. The smallest absolute Gasteiger partial charge is 0.0483 e. The van der Waals surface area contributed by atoms with Gasteiger partial charge in [-0.3, -0.25) is 0 Å². The zero-order chi connectivity index (χ0) is 9.26. The molecular formula is C11H14N2. The maximum Gasteiger partial charge on any atom is 0.0483 e. The number of rotatable bonds is 2. The molecule has 0 aliphatic carbocycles. The molecule has 68 valence electrons. The van der Waals surface area contributed by atoms with E-state index in [4.69, 9.17) is 5.73 Å². The Kier molecular flexibility index (Phi) is 2.07. The van der Waals surface area contributed by atoms with E-state index in [9.17, 15) is 0 Å². The molecule has 0 fully saturated rings. The van der Waals surface area contributed by atoms with Crippen LogP contribution in [0.4, 0.5) is 0 Å². The zero-order valence-corrected chi connectivity index (χ0v) is 7.83. The summed E-state index contributed by atoms with van der Waals surface area (Å²) in [6, 6.07) is 8.42. The molecule has 1 aromatic heterocycles. The summed E-state index contributed by atoms with van der Waals surface area (Å²) in [6.07, 6.45) is 2.16. The van der Waals surface area contributed by atoms with Crippen molar-refractivity contribution in [3.8, 4) is 0 Å². The summed E-state index contributed by atoms with van der Waals surface area (Å²) in [5, 5.41) is 1.33. The van der Waals surface area contributed by atoms with Crippen LogP contribution in [0.2, 0.25) is 0 Å². The molecule has 0 atom stereocenters. The number of nitrogens with two attached hydrogens (primary N) is 1. The third-order valence-corrected chi connectivity index (χ3v) is 2.36. The molecule has 0 aliphatic heterocycles. The van der Waals surface area contributed by atoms with Gasteiger partial charge in [0, 0.05) is 30.2 Å². The summed E-state index contributed by atoms with van der Waals surface area (Å²) in [6.45, 7) is 3.72. The van der Waals surface area contributed by atoms with Gasteiger partial charge in [0.2, 0.25) is 0 Å². The predicted octanol–water partition coefficient (Wildman–Crippen LogP) is 1.91. The van der Waals surface area contributed by atoms with Gasteiger partial charge in [0.25, 0.3) is 0 Å². The lowest BCUT2D eigenvalue weighted by Crippen LogP contribution is -2.08. The van der Waals surface area contributed by atoms with Crippen molar-refractivity contribution in [3.05, 3.63) is 36.0 Å². The fourth-order valence-corrected chi connectivity index (χ4v) is 1.75. The Morgan fingerprint density at radius 3 is 2.85 bits per heavy atom. The molecule has 2 rings (SSSR count). The van der Waals surface area contributed by atoms with Gasteiger partial charge in [0.15, 0.2) is 0 Å². The van der Waals surface area contributed by atoms with Gasteiger partial charge in [-0.05, 0) is 18.6 Å². The first-order valence-corrected chi connectivity index (χ1v) is 4.57. The first kappa shape index (κ1) is 8.32. The van der Waals surface area contributed by atoms with Crippen LogP contribution in [0, 0.1) is 6.92 Å². The molecular weight excluding hydrogens is 160 g/mol. The van der Waals surface area contributed by atoms with Crippen LogP contribution >= 0.6 is 0 Å². The number of benzene rings is 1. The Bertz CT molecular complexity index is 415. The van der Waals surface area contributed by atoms with Crippen molar-refractivity contribution in [2.24, 2.45) is 5.73 Å². The van der Waals surface area contributed by atoms with Crippen molar-refractivity contribution in [2.45, 2.75) is 13.5 Å². The Morgan fingerprint density at radius 1 is 1.31 bits per heavy atom. The minimum absolute atomic E-state index is 0.693. The highest BCUT2D eigenvalue weighted by atomic mass is 15.0. The third-order valence-electron chi connectivity index (χ3n) is 2.36. The van der Waals surface area contributed by atoms with Crippen LogP contribution in [0.1, 0.15) is 5.56 Å². The summed E-state index contributed by atoms with van der Waals surface area (Å²) in [5.74, 6) is 0. The average Bonchev–Trinajstić information content (AvgIpc) is 2.46. The van der Waals surface area contributed by atoms with Gasteiger partial charge in [-0.1, -0.05) is 18.2 Å². The van der Waals surface area contributed by atoms with Crippen molar-refractivity contribution in [2.75, 3.05) is 6.54 Å². The van der Waals surface area contributed by atoms with E-state index in [1.54, 1.807) is 0 Å². The van der Waals surface area contributed by atoms with Gasteiger partial charge in [-0.25, -0.2) is 0 Å². The van der Waals surface area contributed by atoms with Gasteiger partial charge >= 0.3 is 0 Å². The van der Waals surface area contributed by atoms with E-state index in [2.05, 4.69) is 42.0 Å². The topological polar surface area (TPSA) is 30.9 Å². The number of aryl methyl sites for hydroxylation is 1. The second-order valence-electron chi connectivity index (χ2n) is 3.31.